The zero-order valence-corrected chi connectivity index (χ0v) is 9.93. The van der Waals surface area contributed by atoms with E-state index in [1.54, 1.807) is 6.92 Å². The van der Waals surface area contributed by atoms with E-state index in [0.717, 1.165) is 6.92 Å². The second kappa shape index (κ2) is 6.70. The summed E-state index contributed by atoms with van der Waals surface area (Å²) in [5.41, 5.74) is -2.00. The molecule has 0 heterocycles. The van der Waals surface area contributed by atoms with Gasteiger partial charge in [-0.15, -0.1) is 0 Å². The van der Waals surface area contributed by atoms with Crippen molar-refractivity contribution in [1.29, 1.82) is 5.26 Å². The molecule has 96 valence electrons. The molecule has 1 atom stereocenters. The summed E-state index contributed by atoms with van der Waals surface area (Å²) in [6.07, 6.45) is 0.205. The molecule has 0 fully saturated rings. The van der Waals surface area contributed by atoms with E-state index < -0.39 is 17.6 Å². The Bertz CT molecular complexity index is 322. The largest absolute Gasteiger partial charge is 0.479 e. The molecule has 0 bridgehead atoms. The third-order valence-corrected chi connectivity index (χ3v) is 2.21. The van der Waals surface area contributed by atoms with Gasteiger partial charge in [0, 0.05) is 13.1 Å². The van der Waals surface area contributed by atoms with Gasteiger partial charge in [-0.25, -0.2) is 9.59 Å². The molecule has 7 heteroatoms. The van der Waals surface area contributed by atoms with E-state index in [4.69, 9.17) is 10.4 Å². The van der Waals surface area contributed by atoms with Crippen LogP contribution in [0.25, 0.3) is 0 Å². The lowest BCUT2D eigenvalue weighted by Crippen LogP contribution is -2.50. The summed E-state index contributed by atoms with van der Waals surface area (Å²) in [6, 6.07) is 1.42. The molecule has 1 unspecified atom stereocenters. The van der Waals surface area contributed by atoms with Crippen molar-refractivity contribution in [3.63, 3.8) is 0 Å². The van der Waals surface area contributed by atoms with Gasteiger partial charge in [-0.05, 0) is 13.8 Å². The molecule has 0 spiro atoms. The SMILES string of the molecule is CCN(CCC#N)C(=O)NCC(C)(O)C(=O)O. The lowest BCUT2D eigenvalue weighted by atomic mass is 10.1. The average Bonchev–Trinajstić information content (AvgIpc) is 2.27. The molecule has 0 rings (SSSR count). The van der Waals surface area contributed by atoms with Crippen LogP contribution in [0.1, 0.15) is 20.3 Å². The number of carbonyl (C=O) groups excluding carboxylic acids is 1. The van der Waals surface area contributed by atoms with Crippen molar-refractivity contribution >= 4 is 12.0 Å². The second-order valence-corrected chi connectivity index (χ2v) is 3.73. The summed E-state index contributed by atoms with van der Waals surface area (Å²) in [5, 5.41) is 28.7. The number of hydrogen-bond acceptors (Lipinski definition) is 4. The summed E-state index contributed by atoms with van der Waals surface area (Å²) in [5.74, 6) is -1.40. The molecule has 0 saturated heterocycles. The minimum absolute atomic E-state index is 0.205. The fourth-order valence-electron chi connectivity index (χ4n) is 1.02. The maximum absolute atomic E-state index is 11.6. The molecule has 0 saturated carbocycles. The highest BCUT2D eigenvalue weighted by Gasteiger charge is 2.30. The molecule has 3 N–H and O–H groups in total. The van der Waals surface area contributed by atoms with Crippen LogP contribution in [0, 0.1) is 11.3 Å². The highest BCUT2D eigenvalue weighted by molar-refractivity contribution is 5.79. The molecule has 0 aliphatic heterocycles. The first-order valence-corrected chi connectivity index (χ1v) is 5.20. The summed E-state index contributed by atoms with van der Waals surface area (Å²) >= 11 is 0. The molecular weight excluding hydrogens is 226 g/mol. The van der Waals surface area contributed by atoms with Crippen molar-refractivity contribution in [2.75, 3.05) is 19.6 Å². The molecule has 0 aliphatic carbocycles. The van der Waals surface area contributed by atoms with E-state index in [-0.39, 0.29) is 19.5 Å². The maximum atomic E-state index is 11.6. The molecule has 7 nitrogen and oxygen atoms in total. The minimum atomic E-state index is -2.00. The molecule has 0 aromatic carbocycles. The summed E-state index contributed by atoms with van der Waals surface area (Å²) in [6.45, 7) is 3.13. The Hall–Kier alpha value is -1.81. The Morgan fingerprint density at radius 3 is 2.53 bits per heavy atom. The van der Waals surface area contributed by atoms with Gasteiger partial charge >= 0.3 is 12.0 Å². The fourth-order valence-corrected chi connectivity index (χ4v) is 1.02. The molecule has 0 aromatic heterocycles. The molecule has 0 aromatic rings. The van der Waals surface area contributed by atoms with Crippen LogP contribution in [0.3, 0.4) is 0 Å². The zero-order valence-electron chi connectivity index (χ0n) is 9.93. The monoisotopic (exact) mass is 243 g/mol. The molecular formula is C10H17N3O4. The van der Waals surface area contributed by atoms with Gasteiger partial charge in [-0.3, -0.25) is 0 Å². The average molecular weight is 243 g/mol. The standard InChI is InChI=1S/C10H17N3O4/c1-3-13(6-4-5-11)9(16)12-7-10(2,17)8(14)15/h17H,3-4,6-7H2,1-2H3,(H,12,16)(H,14,15). The van der Waals surface area contributed by atoms with E-state index in [1.165, 1.54) is 4.90 Å². The predicted molar refractivity (Wildman–Crippen MR) is 59.1 cm³/mol. The summed E-state index contributed by atoms with van der Waals surface area (Å²) in [7, 11) is 0. The fraction of sp³-hybridized carbons (Fsp3) is 0.700. The van der Waals surface area contributed by atoms with Crippen molar-refractivity contribution in [2.45, 2.75) is 25.9 Å². The van der Waals surface area contributed by atoms with Crippen molar-refractivity contribution in [3.05, 3.63) is 0 Å². The van der Waals surface area contributed by atoms with Crippen molar-refractivity contribution in [1.82, 2.24) is 10.2 Å². The van der Waals surface area contributed by atoms with Crippen LogP contribution in [0.15, 0.2) is 0 Å². The highest BCUT2D eigenvalue weighted by atomic mass is 16.4. The number of nitrogens with zero attached hydrogens (tertiary/aromatic N) is 2. The van der Waals surface area contributed by atoms with Gasteiger partial charge in [-0.2, -0.15) is 5.26 Å². The van der Waals surface area contributed by atoms with Crippen LogP contribution >= 0.6 is 0 Å². The maximum Gasteiger partial charge on any atom is 0.337 e. The van der Waals surface area contributed by atoms with Crippen LogP contribution in [-0.2, 0) is 4.79 Å². The number of urea groups is 1. The van der Waals surface area contributed by atoms with Gasteiger partial charge in [0.15, 0.2) is 5.60 Å². The Morgan fingerprint density at radius 2 is 2.12 bits per heavy atom. The quantitative estimate of drug-likeness (QED) is 0.596. The number of carbonyl (C=O) groups is 2. The smallest absolute Gasteiger partial charge is 0.337 e. The zero-order chi connectivity index (χ0) is 13.5. The first-order valence-electron chi connectivity index (χ1n) is 5.20. The molecule has 0 radical (unpaired) electrons. The summed E-state index contributed by atoms with van der Waals surface area (Å²) in [4.78, 5) is 23.5. The number of nitriles is 1. The van der Waals surface area contributed by atoms with Gasteiger partial charge in [0.25, 0.3) is 0 Å². The number of nitrogens with one attached hydrogen (secondary N) is 1. The van der Waals surface area contributed by atoms with Gasteiger partial charge in [0.2, 0.25) is 0 Å². The van der Waals surface area contributed by atoms with Crippen LogP contribution < -0.4 is 5.32 Å². The van der Waals surface area contributed by atoms with E-state index in [2.05, 4.69) is 5.32 Å². The molecule has 17 heavy (non-hydrogen) atoms. The first kappa shape index (κ1) is 15.2. The topological polar surface area (TPSA) is 114 Å². The van der Waals surface area contributed by atoms with Gasteiger partial charge in [0.05, 0.1) is 19.0 Å². The highest BCUT2D eigenvalue weighted by Crippen LogP contribution is 2.01. The van der Waals surface area contributed by atoms with E-state index >= 15 is 0 Å². The van der Waals surface area contributed by atoms with Crippen LogP contribution in [0.2, 0.25) is 0 Å². The van der Waals surface area contributed by atoms with Gasteiger partial charge in [0.1, 0.15) is 0 Å². The van der Waals surface area contributed by atoms with Crippen LogP contribution in [0.5, 0.6) is 0 Å². The lowest BCUT2D eigenvalue weighted by molar-refractivity contribution is -0.155. The van der Waals surface area contributed by atoms with E-state index in [0.29, 0.717) is 6.54 Å². The van der Waals surface area contributed by atoms with Gasteiger partial charge in [-0.1, -0.05) is 0 Å². The van der Waals surface area contributed by atoms with Gasteiger partial charge < -0.3 is 20.4 Å². The third kappa shape index (κ3) is 5.17. The third-order valence-electron chi connectivity index (χ3n) is 2.21. The number of amides is 2. The van der Waals surface area contributed by atoms with Crippen LogP contribution in [0.4, 0.5) is 4.79 Å². The Morgan fingerprint density at radius 1 is 1.53 bits per heavy atom. The number of aliphatic hydroxyl groups is 1. The number of carboxylic acids is 1. The minimum Gasteiger partial charge on any atom is -0.479 e. The number of hydrogen-bond donors (Lipinski definition) is 3. The number of aliphatic carboxylic acids is 1. The van der Waals surface area contributed by atoms with Crippen LogP contribution in [-0.4, -0.2) is 52.3 Å². The van der Waals surface area contributed by atoms with E-state index in [1.807, 2.05) is 6.07 Å². The Kier molecular flexibility index (Phi) is 5.99. The van der Waals surface area contributed by atoms with Crippen molar-refractivity contribution < 1.29 is 19.8 Å². The molecule has 0 aliphatic rings. The normalized spacial score (nSPS) is 13.3. The predicted octanol–water partition coefficient (Wildman–Crippen LogP) is -0.233. The second-order valence-electron chi connectivity index (χ2n) is 3.73. The number of rotatable bonds is 6. The Balaban J connectivity index is 4.25. The van der Waals surface area contributed by atoms with E-state index in [9.17, 15) is 14.7 Å². The Labute approximate surface area is 99.6 Å². The number of carboxylic acid groups (broad SMARTS) is 1. The molecule has 2 amide bonds. The first-order chi connectivity index (χ1) is 7.85. The lowest BCUT2D eigenvalue weighted by Gasteiger charge is -2.23. The van der Waals surface area contributed by atoms with Crippen molar-refractivity contribution in [2.24, 2.45) is 0 Å². The summed E-state index contributed by atoms with van der Waals surface area (Å²) < 4.78 is 0. The van der Waals surface area contributed by atoms with Crippen molar-refractivity contribution in [3.8, 4) is 6.07 Å².